The molecule has 0 spiro atoms. The summed E-state index contributed by atoms with van der Waals surface area (Å²) >= 11 is 1.47. The molecule has 0 saturated carbocycles. The number of aldehydes is 1. The molecule has 0 saturated heterocycles. The molecule has 0 aliphatic carbocycles. The van der Waals surface area contributed by atoms with E-state index in [0.717, 1.165) is 22.0 Å². The van der Waals surface area contributed by atoms with Gasteiger partial charge in [0.05, 0.1) is 10.6 Å². The molecular weight excluding hydrogens is 208 g/mol. The van der Waals surface area contributed by atoms with Crippen molar-refractivity contribution in [3.05, 3.63) is 10.6 Å². The maximum absolute atomic E-state index is 10.9. The van der Waals surface area contributed by atoms with Gasteiger partial charge in [-0.25, -0.2) is 4.98 Å². The predicted molar refractivity (Wildman–Crippen MR) is 65.1 cm³/mol. The fourth-order valence-corrected chi connectivity index (χ4v) is 2.33. The van der Waals surface area contributed by atoms with Crippen molar-refractivity contribution in [2.45, 2.75) is 39.7 Å². The maximum atomic E-state index is 10.9. The van der Waals surface area contributed by atoms with E-state index in [-0.39, 0.29) is 0 Å². The Balaban J connectivity index is 3.07. The molecule has 0 bridgehead atoms. The van der Waals surface area contributed by atoms with Crippen LogP contribution in [0.3, 0.4) is 0 Å². The van der Waals surface area contributed by atoms with Crippen molar-refractivity contribution in [2.24, 2.45) is 0 Å². The summed E-state index contributed by atoms with van der Waals surface area (Å²) in [5.41, 5.74) is 0.914. The fraction of sp³-hybridized carbons (Fsp3) is 0.636. The summed E-state index contributed by atoms with van der Waals surface area (Å²) < 4.78 is 0. The molecule has 1 aromatic rings. The van der Waals surface area contributed by atoms with Crippen LogP contribution in [0.2, 0.25) is 0 Å². The summed E-state index contributed by atoms with van der Waals surface area (Å²) in [6.45, 7) is 8.33. The monoisotopic (exact) mass is 226 g/mol. The highest BCUT2D eigenvalue weighted by atomic mass is 32.1. The van der Waals surface area contributed by atoms with Crippen LogP contribution in [0, 0.1) is 0 Å². The number of nitrogens with zero attached hydrogens (tertiary/aromatic N) is 2. The second kappa shape index (κ2) is 4.75. The first-order valence-corrected chi connectivity index (χ1v) is 5.97. The van der Waals surface area contributed by atoms with Crippen LogP contribution in [-0.2, 0) is 0 Å². The highest BCUT2D eigenvalue weighted by molar-refractivity contribution is 7.17. The van der Waals surface area contributed by atoms with Crippen molar-refractivity contribution < 1.29 is 4.79 Å². The summed E-state index contributed by atoms with van der Waals surface area (Å²) in [5, 5.41) is 0.927. The number of carbonyl (C=O) groups excluding carboxylic acids is 1. The van der Waals surface area contributed by atoms with E-state index in [2.05, 4.69) is 37.6 Å². The van der Waals surface area contributed by atoms with Crippen LogP contribution in [-0.4, -0.2) is 24.4 Å². The summed E-state index contributed by atoms with van der Waals surface area (Å²) in [5.74, 6) is 0.302. The Kier molecular flexibility index (Phi) is 3.85. The van der Waals surface area contributed by atoms with E-state index in [1.165, 1.54) is 11.3 Å². The van der Waals surface area contributed by atoms with Crippen molar-refractivity contribution in [3.8, 4) is 0 Å². The molecule has 0 unspecified atom stereocenters. The quantitative estimate of drug-likeness (QED) is 0.740. The molecule has 84 valence electrons. The zero-order chi connectivity index (χ0) is 11.6. The Morgan fingerprint density at radius 1 is 1.33 bits per heavy atom. The van der Waals surface area contributed by atoms with Crippen LogP contribution >= 0.6 is 11.3 Å². The molecule has 1 heterocycles. The molecule has 0 aromatic carbocycles. The lowest BCUT2D eigenvalue weighted by molar-refractivity contribution is 0.112. The van der Waals surface area contributed by atoms with E-state index in [0.29, 0.717) is 12.0 Å². The van der Waals surface area contributed by atoms with Gasteiger partial charge in [0.2, 0.25) is 0 Å². The molecule has 1 aromatic heterocycles. The van der Waals surface area contributed by atoms with Gasteiger partial charge in [-0.15, -0.1) is 0 Å². The van der Waals surface area contributed by atoms with Crippen LogP contribution in [0.5, 0.6) is 0 Å². The molecule has 0 radical (unpaired) electrons. The van der Waals surface area contributed by atoms with Crippen molar-refractivity contribution >= 4 is 22.8 Å². The standard InChI is InChI=1S/C11H18N2OS/c1-7(2)10-9(6-14)15-11(12-10)13(5)8(3)4/h6-8H,1-5H3. The molecule has 0 N–H and O–H groups in total. The first kappa shape index (κ1) is 12.2. The highest BCUT2D eigenvalue weighted by Gasteiger charge is 2.16. The van der Waals surface area contributed by atoms with Crippen molar-refractivity contribution in [1.29, 1.82) is 0 Å². The molecule has 15 heavy (non-hydrogen) atoms. The predicted octanol–water partition coefficient (Wildman–Crippen LogP) is 2.92. The van der Waals surface area contributed by atoms with Crippen LogP contribution in [0.4, 0.5) is 5.13 Å². The lowest BCUT2D eigenvalue weighted by Crippen LogP contribution is -2.25. The molecule has 0 aliphatic rings. The van der Waals surface area contributed by atoms with Crippen LogP contribution < -0.4 is 4.90 Å². The van der Waals surface area contributed by atoms with Crippen LogP contribution in [0.25, 0.3) is 0 Å². The minimum absolute atomic E-state index is 0.302. The van der Waals surface area contributed by atoms with E-state index in [4.69, 9.17) is 0 Å². The van der Waals surface area contributed by atoms with Gasteiger partial charge in [0, 0.05) is 13.1 Å². The largest absolute Gasteiger partial charge is 0.349 e. The molecule has 0 aliphatic heterocycles. The maximum Gasteiger partial charge on any atom is 0.186 e. The highest BCUT2D eigenvalue weighted by Crippen LogP contribution is 2.29. The molecule has 1 rings (SSSR count). The van der Waals surface area contributed by atoms with Crippen molar-refractivity contribution in [3.63, 3.8) is 0 Å². The number of hydrogen-bond donors (Lipinski definition) is 0. The van der Waals surface area contributed by atoms with Crippen LogP contribution in [0.1, 0.15) is 49.0 Å². The van der Waals surface area contributed by atoms with Gasteiger partial charge in [-0.1, -0.05) is 25.2 Å². The van der Waals surface area contributed by atoms with E-state index in [9.17, 15) is 4.79 Å². The summed E-state index contributed by atoms with van der Waals surface area (Å²) in [4.78, 5) is 18.2. The molecule has 0 atom stereocenters. The summed E-state index contributed by atoms with van der Waals surface area (Å²) in [7, 11) is 2.00. The third-order valence-electron chi connectivity index (χ3n) is 2.40. The van der Waals surface area contributed by atoms with Gasteiger partial charge in [0.25, 0.3) is 0 Å². The third-order valence-corrected chi connectivity index (χ3v) is 3.49. The Morgan fingerprint density at radius 3 is 2.27 bits per heavy atom. The van der Waals surface area contributed by atoms with Gasteiger partial charge in [0.15, 0.2) is 11.4 Å². The van der Waals surface area contributed by atoms with E-state index in [1.54, 1.807) is 0 Å². The van der Waals surface area contributed by atoms with E-state index >= 15 is 0 Å². The Hall–Kier alpha value is -0.900. The second-order valence-corrected chi connectivity index (χ2v) is 5.23. The number of rotatable bonds is 4. The number of carbonyl (C=O) groups is 1. The lowest BCUT2D eigenvalue weighted by atomic mass is 10.1. The topological polar surface area (TPSA) is 33.2 Å². The Morgan fingerprint density at radius 2 is 1.93 bits per heavy atom. The Labute approximate surface area is 95.1 Å². The van der Waals surface area contributed by atoms with Gasteiger partial charge in [-0.3, -0.25) is 4.79 Å². The molecule has 0 amide bonds. The summed E-state index contributed by atoms with van der Waals surface area (Å²) in [6.07, 6.45) is 0.907. The van der Waals surface area contributed by atoms with E-state index < -0.39 is 0 Å². The van der Waals surface area contributed by atoms with Gasteiger partial charge in [-0.05, 0) is 19.8 Å². The number of aromatic nitrogens is 1. The normalized spacial score (nSPS) is 11.1. The molecular formula is C11H18N2OS. The lowest BCUT2D eigenvalue weighted by Gasteiger charge is -2.19. The fourth-order valence-electron chi connectivity index (χ4n) is 1.20. The van der Waals surface area contributed by atoms with Gasteiger partial charge in [0.1, 0.15) is 0 Å². The molecule has 3 nitrogen and oxygen atoms in total. The zero-order valence-electron chi connectivity index (χ0n) is 9.94. The van der Waals surface area contributed by atoms with Crippen LogP contribution in [0.15, 0.2) is 0 Å². The Bertz CT molecular complexity index is 344. The van der Waals surface area contributed by atoms with Gasteiger partial charge in [-0.2, -0.15) is 0 Å². The minimum Gasteiger partial charge on any atom is -0.349 e. The average Bonchev–Trinajstić information content (AvgIpc) is 2.59. The van der Waals surface area contributed by atoms with Crippen molar-refractivity contribution in [2.75, 3.05) is 11.9 Å². The van der Waals surface area contributed by atoms with Gasteiger partial charge >= 0.3 is 0 Å². The average molecular weight is 226 g/mol. The second-order valence-electron chi connectivity index (χ2n) is 4.22. The van der Waals surface area contributed by atoms with Crippen molar-refractivity contribution in [1.82, 2.24) is 4.98 Å². The number of thiazole rings is 1. The third kappa shape index (κ3) is 2.56. The first-order valence-electron chi connectivity index (χ1n) is 5.16. The zero-order valence-corrected chi connectivity index (χ0v) is 10.8. The summed E-state index contributed by atoms with van der Waals surface area (Å²) in [6, 6.07) is 0.399. The molecule has 0 fully saturated rings. The minimum atomic E-state index is 0.302. The SMILES string of the molecule is CC(C)c1nc(N(C)C(C)C)sc1C=O. The number of anilines is 1. The first-order chi connectivity index (χ1) is 6.97. The smallest absolute Gasteiger partial charge is 0.186 e. The number of hydrogen-bond acceptors (Lipinski definition) is 4. The van der Waals surface area contributed by atoms with E-state index in [1.807, 2.05) is 7.05 Å². The van der Waals surface area contributed by atoms with Gasteiger partial charge < -0.3 is 4.90 Å². The molecule has 4 heteroatoms.